The summed E-state index contributed by atoms with van der Waals surface area (Å²) in [7, 11) is 1.55. The summed E-state index contributed by atoms with van der Waals surface area (Å²) in [5, 5.41) is 5.68. The third-order valence-corrected chi connectivity index (χ3v) is 5.38. The number of carbonyl (C=O) groups excluding carboxylic acids is 2. The molecule has 6 nitrogen and oxygen atoms in total. The molecule has 0 radical (unpaired) electrons. The molecule has 2 N–H and O–H groups in total. The molecule has 7 heteroatoms. The summed E-state index contributed by atoms with van der Waals surface area (Å²) in [5.74, 6) is 1.22. The molecule has 2 atom stereocenters. The SMILES string of the molecule is CCNC(=O)COc1ccc(CNC(=O)C2CC2c2ccc(Br)cc2)cc1OC. The Kier molecular flexibility index (Phi) is 7.14. The van der Waals surface area contributed by atoms with Crippen LogP contribution < -0.4 is 20.1 Å². The minimum Gasteiger partial charge on any atom is -0.493 e. The number of hydrogen-bond donors (Lipinski definition) is 2. The molecule has 2 amide bonds. The quantitative estimate of drug-likeness (QED) is 0.601. The number of hydrogen-bond acceptors (Lipinski definition) is 4. The molecule has 1 saturated carbocycles. The second-order valence-corrected chi connectivity index (χ2v) is 7.86. The molecule has 1 aliphatic rings. The van der Waals surface area contributed by atoms with Crippen molar-refractivity contribution in [2.75, 3.05) is 20.3 Å². The van der Waals surface area contributed by atoms with Gasteiger partial charge in [-0.3, -0.25) is 9.59 Å². The van der Waals surface area contributed by atoms with Crippen LogP contribution in [-0.4, -0.2) is 32.1 Å². The van der Waals surface area contributed by atoms with Crippen LogP contribution in [0.4, 0.5) is 0 Å². The van der Waals surface area contributed by atoms with Crippen LogP contribution >= 0.6 is 15.9 Å². The summed E-state index contributed by atoms with van der Waals surface area (Å²) in [6, 6.07) is 13.6. The first-order chi connectivity index (χ1) is 14.0. The molecule has 0 bridgehead atoms. The number of amides is 2. The highest BCUT2D eigenvalue weighted by Gasteiger charge is 2.43. The zero-order valence-electron chi connectivity index (χ0n) is 16.5. The van der Waals surface area contributed by atoms with Crippen molar-refractivity contribution in [3.8, 4) is 11.5 Å². The van der Waals surface area contributed by atoms with Gasteiger partial charge in [-0.15, -0.1) is 0 Å². The molecule has 1 aliphatic carbocycles. The second kappa shape index (κ2) is 9.78. The number of nitrogens with one attached hydrogen (secondary N) is 2. The van der Waals surface area contributed by atoms with Crippen LogP contribution in [0.2, 0.25) is 0 Å². The molecule has 154 valence electrons. The Morgan fingerprint density at radius 1 is 1.10 bits per heavy atom. The summed E-state index contributed by atoms with van der Waals surface area (Å²) in [4.78, 5) is 24.0. The van der Waals surface area contributed by atoms with E-state index in [0.29, 0.717) is 30.5 Å². The van der Waals surface area contributed by atoms with Gasteiger partial charge in [-0.1, -0.05) is 34.1 Å². The maximum absolute atomic E-state index is 12.5. The zero-order chi connectivity index (χ0) is 20.8. The van der Waals surface area contributed by atoms with Crippen molar-refractivity contribution in [3.63, 3.8) is 0 Å². The Balaban J connectivity index is 1.52. The normalized spacial score (nSPS) is 17.3. The molecule has 2 aromatic rings. The zero-order valence-corrected chi connectivity index (χ0v) is 18.1. The van der Waals surface area contributed by atoms with E-state index in [0.717, 1.165) is 16.5 Å². The Morgan fingerprint density at radius 3 is 2.55 bits per heavy atom. The van der Waals surface area contributed by atoms with E-state index in [1.807, 2.05) is 31.2 Å². The van der Waals surface area contributed by atoms with Crippen molar-refractivity contribution in [2.45, 2.75) is 25.8 Å². The molecule has 0 aromatic heterocycles. The number of carbonyl (C=O) groups is 2. The summed E-state index contributed by atoms with van der Waals surface area (Å²) >= 11 is 3.43. The first kappa shape index (κ1) is 21.2. The number of rotatable bonds is 9. The Morgan fingerprint density at radius 2 is 1.86 bits per heavy atom. The minimum absolute atomic E-state index is 0.0257. The number of ether oxygens (including phenoxy) is 2. The van der Waals surface area contributed by atoms with Crippen molar-refractivity contribution in [1.29, 1.82) is 0 Å². The first-order valence-corrected chi connectivity index (χ1v) is 10.4. The molecule has 0 saturated heterocycles. The lowest BCUT2D eigenvalue weighted by Crippen LogP contribution is -2.28. The van der Waals surface area contributed by atoms with Gasteiger partial charge in [0.25, 0.3) is 5.91 Å². The van der Waals surface area contributed by atoms with Crippen molar-refractivity contribution in [1.82, 2.24) is 10.6 Å². The minimum atomic E-state index is -0.185. The fraction of sp³-hybridized carbons (Fsp3) is 0.364. The van der Waals surface area contributed by atoms with Crippen LogP contribution in [0.5, 0.6) is 11.5 Å². The summed E-state index contributed by atoms with van der Waals surface area (Å²) < 4.78 is 11.9. The number of methoxy groups -OCH3 is 1. The van der Waals surface area contributed by atoms with Gasteiger partial charge < -0.3 is 20.1 Å². The van der Waals surface area contributed by atoms with Gasteiger partial charge in [-0.2, -0.15) is 0 Å². The van der Waals surface area contributed by atoms with Gasteiger partial charge in [0.1, 0.15) is 0 Å². The van der Waals surface area contributed by atoms with E-state index >= 15 is 0 Å². The average molecular weight is 461 g/mol. The monoisotopic (exact) mass is 460 g/mol. The fourth-order valence-corrected chi connectivity index (χ4v) is 3.48. The summed E-state index contributed by atoms with van der Waals surface area (Å²) in [5.41, 5.74) is 2.10. The molecule has 2 aromatic carbocycles. The van der Waals surface area contributed by atoms with Crippen LogP contribution in [0.1, 0.15) is 30.4 Å². The predicted octanol–water partition coefficient (Wildman–Crippen LogP) is 3.39. The van der Waals surface area contributed by atoms with Gasteiger partial charge in [-0.25, -0.2) is 0 Å². The van der Waals surface area contributed by atoms with Crippen LogP contribution in [0, 0.1) is 5.92 Å². The first-order valence-electron chi connectivity index (χ1n) is 9.61. The molecule has 0 aliphatic heterocycles. The third-order valence-electron chi connectivity index (χ3n) is 4.85. The van der Waals surface area contributed by atoms with Gasteiger partial charge in [0, 0.05) is 23.5 Å². The van der Waals surface area contributed by atoms with E-state index in [-0.39, 0.29) is 24.3 Å². The van der Waals surface area contributed by atoms with Gasteiger partial charge in [0.2, 0.25) is 5.91 Å². The lowest BCUT2D eigenvalue weighted by atomic mass is 10.1. The number of benzene rings is 2. The third kappa shape index (κ3) is 5.73. The van der Waals surface area contributed by atoms with Crippen molar-refractivity contribution < 1.29 is 19.1 Å². The fourth-order valence-electron chi connectivity index (χ4n) is 3.22. The van der Waals surface area contributed by atoms with Crippen LogP contribution in [0.3, 0.4) is 0 Å². The van der Waals surface area contributed by atoms with Gasteiger partial charge >= 0.3 is 0 Å². The van der Waals surface area contributed by atoms with Gasteiger partial charge in [-0.05, 0) is 54.7 Å². The highest BCUT2D eigenvalue weighted by Crippen LogP contribution is 2.47. The average Bonchev–Trinajstić information content (AvgIpc) is 3.52. The molecule has 29 heavy (non-hydrogen) atoms. The van der Waals surface area contributed by atoms with E-state index in [2.05, 4.69) is 38.7 Å². The highest BCUT2D eigenvalue weighted by molar-refractivity contribution is 9.10. The number of halogens is 1. The second-order valence-electron chi connectivity index (χ2n) is 6.95. The Labute approximate surface area is 179 Å². The largest absolute Gasteiger partial charge is 0.493 e. The topological polar surface area (TPSA) is 76.7 Å². The Hall–Kier alpha value is -2.54. The highest BCUT2D eigenvalue weighted by atomic mass is 79.9. The molecule has 0 heterocycles. The van der Waals surface area contributed by atoms with Crippen molar-refractivity contribution in [2.24, 2.45) is 5.92 Å². The van der Waals surface area contributed by atoms with E-state index in [1.54, 1.807) is 13.2 Å². The van der Waals surface area contributed by atoms with Crippen LogP contribution in [-0.2, 0) is 16.1 Å². The molecule has 0 spiro atoms. The van der Waals surface area contributed by atoms with Gasteiger partial charge in [0.05, 0.1) is 7.11 Å². The number of likely N-dealkylation sites (N-methyl/N-ethyl adjacent to an activating group) is 1. The molecular weight excluding hydrogens is 436 g/mol. The molecular formula is C22H25BrN2O4. The predicted molar refractivity (Wildman–Crippen MR) is 114 cm³/mol. The molecule has 2 unspecified atom stereocenters. The van der Waals surface area contributed by atoms with E-state index in [1.165, 1.54) is 5.56 Å². The van der Waals surface area contributed by atoms with E-state index in [4.69, 9.17) is 9.47 Å². The van der Waals surface area contributed by atoms with Crippen LogP contribution in [0.15, 0.2) is 46.9 Å². The van der Waals surface area contributed by atoms with Gasteiger partial charge in [0.15, 0.2) is 18.1 Å². The summed E-state index contributed by atoms with van der Waals surface area (Å²) in [6.45, 7) is 2.75. The Bertz CT molecular complexity index is 870. The standard InChI is InChI=1S/C22H25BrN2O4/c1-3-24-21(26)13-29-19-9-4-14(10-20(19)28-2)12-25-22(27)18-11-17(18)15-5-7-16(23)8-6-15/h4-10,17-18H,3,11-13H2,1-2H3,(H,24,26)(H,25,27). The smallest absolute Gasteiger partial charge is 0.257 e. The molecule has 3 rings (SSSR count). The maximum Gasteiger partial charge on any atom is 0.257 e. The maximum atomic E-state index is 12.5. The van der Waals surface area contributed by atoms with Crippen molar-refractivity contribution in [3.05, 3.63) is 58.1 Å². The summed E-state index contributed by atoms with van der Waals surface area (Å²) in [6.07, 6.45) is 0.878. The van der Waals surface area contributed by atoms with E-state index in [9.17, 15) is 9.59 Å². The van der Waals surface area contributed by atoms with E-state index < -0.39 is 0 Å². The lowest BCUT2D eigenvalue weighted by Gasteiger charge is -2.12. The lowest BCUT2D eigenvalue weighted by molar-refractivity contribution is -0.123. The molecule has 1 fully saturated rings. The van der Waals surface area contributed by atoms with Crippen molar-refractivity contribution >= 4 is 27.7 Å². The van der Waals surface area contributed by atoms with Crippen LogP contribution in [0.25, 0.3) is 0 Å².